The van der Waals surface area contributed by atoms with Crippen molar-refractivity contribution in [3.05, 3.63) is 29.3 Å². The topological polar surface area (TPSA) is 87.1 Å². The van der Waals surface area contributed by atoms with Gasteiger partial charge in [0.15, 0.2) is 0 Å². The molecule has 0 aromatic heterocycles. The van der Waals surface area contributed by atoms with Crippen LogP contribution in [0.25, 0.3) is 0 Å². The SMILES string of the molecule is COC(=O)N1Cc2ccc(O)cc2CC1C(=O)O. The number of hydrogen-bond donors (Lipinski definition) is 2. The van der Waals surface area contributed by atoms with E-state index in [1.807, 2.05) is 0 Å². The monoisotopic (exact) mass is 251 g/mol. The number of carbonyl (C=O) groups excluding carboxylic acids is 1. The zero-order valence-corrected chi connectivity index (χ0v) is 9.79. The summed E-state index contributed by atoms with van der Waals surface area (Å²) in [6.45, 7) is 0.166. The maximum atomic E-state index is 11.5. The Morgan fingerprint density at radius 1 is 1.39 bits per heavy atom. The Labute approximate surface area is 103 Å². The summed E-state index contributed by atoms with van der Waals surface area (Å²) in [7, 11) is 1.22. The Morgan fingerprint density at radius 3 is 2.72 bits per heavy atom. The van der Waals surface area contributed by atoms with Crippen LogP contribution in [-0.4, -0.2) is 40.3 Å². The van der Waals surface area contributed by atoms with Gasteiger partial charge in [0.2, 0.25) is 0 Å². The van der Waals surface area contributed by atoms with Crippen molar-refractivity contribution in [2.75, 3.05) is 7.11 Å². The van der Waals surface area contributed by atoms with Crippen molar-refractivity contribution in [2.24, 2.45) is 0 Å². The minimum atomic E-state index is -1.09. The van der Waals surface area contributed by atoms with E-state index in [-0.39, 0.29) is 18.7 Å². The lowest BCUT2D eigenvalue weighted by Crippen LogP contribution is -2.48. The molecule has 0 saturated heterocycles. The van der Waals surface area contributed by atoms with Gasteiger partial charge < -0.3 is 14.9 Å². The number of carboxylic acid groups (broad SMARTS) is 1. The second kappa shape index (κ2) is 4.56. The van der Waals surface area contributed by atoms with E-state index in [0.717, 1.165) is 11.1 Å². The molecule has 1 heterocycles. The second-order valence-electron chi connectivity index (χ2n) is 4.11. The molecular weight excluding hydrogens is 238 g/mol. The molecule has 18 heavy (non-hydrogen) atoms. The molecular formula is C12H13NO5. The van der Waals surface area contributed by atoms with Crippen molar-refractivity contribution in [3.63, 3.8) is 0 Å². The highest BCUT2D eigenvalue weighted by molar-refractivity contribution is 5.81. The van der Waals surface area contributed by atoms with E-state index in [4.69, 9.17) is 5.11 Å². The van der Waals surface area contributed by atoms with Gasteiger partial charge >= 0.3 is 12.1 Å². The molecule has 0 aliphatic carbocycles. The van der Waals surface area contributed by atoms with E-state index in [0.29, 0.717) is 0 Å². The predicted molar refractivity (Wildman–Crippen MR) is 61.2 cm³/mol. The zero-order valence-electron chi connectivity index (χ0n) is 9.79. The lowest BCUT2D eigenvalue weighted by atomic mass is 9.94. The quantitative estimate of drug-likeness (QED) is 0.776. The largest absolute Gasteiger partial charge is 0.508 e. The zero-order chi connectivity index (χ0) is 13.3. The Balaban J connectivity index is 2.37. The molecule has 1 aliphatic rings. The number of methoxy groups -OCH3 is 1. The van der Waals surface area contributed by atoms with Crippen molar-refractivity contribution in [2.45, 2.75) is 19.0 Å². The standard InChI is InChI=1S/C12H13NO5/c1-18-12(17)13-6-7-2-3-9(14)4-8(7)5-10(13)11(15)16/h2-4,10,14H,5-6H2,1H3,(H,15,16). The van der Waals surface area contributed by atoms with E-state index < -0.39 is 18.1 Å². The highest BCUT2D eigenvalue weighted by atomic mass is 16.5. The molecule has 0 fully saturated rings. The highest BCUT2D eigenvalue weighted by Gasteiger charge is 2.35. The van der Waals surface area contributed by atoms with Crippen LogP contribution in [0.5, 0.6) is 5.75 Å². The van der Waals surface area contributed by atoms with Gasteiger partial charge in [-0.1, -0.05) is 6.07 Å². The van der Waals surface area contributed by atoms with Gasteiger partial charge in [0.25, 0.3) is 0 Å². The van der Waals surface area contributed by atoms with Crippen molar-refractivity contribution in [1.82, 2.24) is 4.90 Å². The average molecular weight is 251 g/mol. The number of benzene rings is 1. The molecule has 6 nitrogen and oxygen atoms in total. The van der Waals surface area contributed by atoms with Crippen LogP contribution in [0.1, 0.15) is 11.1 Å². The Morgan fingerprint density at radius 2 is 2.11 bits per heavy atom. The summed E-state index contributed by atoms with van der Waals surface area (Å²) in [6.07, 6.45) is -0.505. The summed E-state index contributed by atoms with van der Waals surface area (Å²) in [6, 6.07) is 3.75. The maximum absolute atomic E-state index is 11.5. The smallest absolute Gasteiger partial charge is 0.410 e. The minimum absolute atomic E-state index is 0.0874. The molecule has 2 rings (SSSR count). The van der Waals surface area contributed by atoms with Crippen LogP contribution in [-0.2, 0) is 22.5 Å². The number of nitrogens with zero attached hydrogens (tertiary/aromatic N) is 1. The van der Waals surface area contributed by atoms with Crippen LogP contribution in [0.3, 0.4) is 0 Å². The number of hydrogen-bond acceptors (Lipinski definition) is 4. The number of phenolic OH excluding ortho intramolecular Hbond substituents is 1. The number of carboxylic acids is 1. The fraction of sp³-hybridized carbons (Fsp3) is 0.333. The molecule has 1 atom stereocenters. The number of aromatic hydroxyl groups is 1. The third kappa shape index (κ3) is 2.09. The Bertz CT molecular complexity index is 499. The van der Waals surface area contributed by atoms with E-state index in [1.54, 1.807) is 6.07 Å². The fourth-order valence-corrected chi connectivity index (χ4v) is 2.10. The van der Waals surface area contributed by atoms with Crippen LogP contribution >= 0.6 is 0 Å². The van der Waals surface area contributed by atoms with E-state index in [2.05, 4.69) is 4.74 Å². The first kappa shape index (κ1) is 12.2. The van der Waals surface area contributed by atoms with Gasteiger partial charge in [0.1, 0.15) is 11.8 Å². The first-order valence-electron chi connectivity index (χ1n) is 5.41. The summed E-state index contributed by atoms with van der Waals surface area (Å²) in [4.78, 5) is 23.9. The molecule has 1 aromatic carbocycles. The highest BCUT2D eigenvalue weighted by Crippen LogP contribution is 2.27. The molecule has 0 spiro atoms. The van der Waals surface area contributed by atoms with E-state index >= 15 is 0 Å². The van der Waals surface area contributed by atoms with Gasteiger partial charge in [-0.2, -0.15) is 0 Å². The summed E-state index contributed by atoms with van der Waals surface area (Å²) in [5.41, 5.74) is 1.55. The molecule has 1 aliphatic heterocycles. The van der Waals surface area contributed by atoms with Gasteiger partial charge in [-0.05, 0) is 23.3 Å². The van der Waals surface area contributed by atoms with Gasteiger partial charge in [0.05, 0.1) is 13.7 Å². The molecule has 0 bridgehead atoms. The molecule has 0 saturated carbocycles. The first-order chi connectivity index (χ1) is 8.52. The number of carbonyl (C=O) groups is 2. The lowest BCUT2D eigenvalue weighted by molar-refractivity contribution is -0.143. The number of phenols is 1. The molecule has 1 amide bonds. The molecule has 96 valence electrons. The van der Waals surface area contributed by atoms with Crippen molar-refractivity contribution in [3.8, 4) is 5.75 Å². The molecule has 2 N–H and O–H groups in total. The van der Waals surface area contributed by atoms with E-state index in [9.17, 15) is 14.7 Å². The lowest BCUT2D eigenvalue weighted by Gasteiger charge is -2.33. The number of ether oxygens (including phenoxy) is 1. The van der Waals surface area contributed by atoms with Crippen molar-refractivity contribution < 1.29 is 24.5 Å². The first-order valence-corrected chi connectivity index (χ1v) is 5.41. The van der Waals surface area contributed by atoms with Crippen LogP contribution < -0.4 is 0 Å². The Kier molecular flexibility index (Phi) is 3.10. The van der Waals surface area contributed by atoms with Crippen molar-refractivity contribution >= 4 is 12.1 Å². The Hall–Kier alpha value is -2.24. The summed E-state index contributed by atoms with van der Waals surface area (Å²) < 4.78 is 4.58. The van der Waals surface area contributed by atoms with Crippen LogP contribution in [0.15, 0.2) is 18.2 Å². The number of amides is 1. The molecule has 0 radical (unpaired) electrons. The van der Waals surface area contributed by atoms with Gasteiger partial charge in [-0.25, -0.2) is 9.59 Å². The maximum Gasteiger partial charge on any atom is 0.410 e. The summed E-state index contributed by atoms with van der Waals surface area (Å²) in [5, 5.41) is 18.5. The normalized spacial score (nSPS) is 18.1. The number of rotatable bonds is 1. The average Bonchev–Trinajstić information content (AvgIpc) is 2.36. The van der Waals surface area contributed by atoms with Crippen LogP contribution in [0.2, 0.25) is 0 Å². The predicted octanol–water partition coefficient (Wildman–Crippen LogP) is 0.970. The summed E-state index contributed by atoms with van der Waals surface area (Å²) in [5.74, 6) is -1.00. The third-order valence-corrected chi connectivity index (χ3v) is 3.01. The number of aliphatic carboxylic acids is 1. The molecule has 1 aromatic rings. The minimum Gasteiger partial charge on any atom is -0.508 e. The van der Waals surface area contributed by atoms with Crippen LogP contribution in [0.4, 0.5) is 4.79 Å². The van der Waals surface area contributed by atoms with Crippen LogP contribution in [0, 0.1) is 0 Å². The third-order valence-electron chi connectivity index (χ3n) is 3.01. The number of fused-ring (bicyclic) bond motifs is 1. The fourth-order valence-electron chi connectivity index (χ4n) is 2.10. The van der Waals surface area contributed by atoms with E-state index in [1.165, 1.54) is 24.1 Å². The molecule has 6 heteroatoms. The van der Waals surface area contributed by atoms with Crippen molar-refractivity contribution in [1.29, 1.82) is 0 Å². The van der Waals surface area contributed by atoms with Gasteiger partial charge in [-0.15, -0.1) is 0 Å². The summed E-state index contributed by atoms with van der Waals surface area (Å²) >= 11 is 0. The molecule has 1 unspecified atom stereocenters. The van der Waals surface area contributed by atoms with Gasteiger partial charge in [0, 0.05) is 6.42 Å². The second-order valence-corrected chi connectivity index (χ2v) is 4.11. The van der Waals surface area contributed by atoms with Gasteiger partial charge in [-0.3, -0.25) is 4.90 Å².